The Balaban J connectivity index is 1.81. The van der Waals surface area contributed by atoms with E-state index in [0.717, 1.165) is 15.8 Å². The van der Waals surface area contributed by atoms with Crippen molar-refractivity contribution < 1.29 is 0 Å². The minimum absolute atomic E-state index is 0.478. The number of benzene rings is 2. The lowest BCUT2D eigenvalue weighted by Gasteiger charge is -2.10. The average molecular weight is 390 g/mol. The zero-order valence-electron chi connectivity index (χ0n) is 12.3. The van der Waals surface area contributed by atoms with Crippen molar-refractivity contribution in [3.05, 3.63) is 69.8 Å². The highest BCUT2D eigenvalue weighted by Gasteiger charge is 2.05. The first-order chi connectivity index (χ1) is 11.1. The van der Waals surface area contributed by atoms with E-state index in [-0.39, 0.29) is 0 Å². The molecule has 0 unspecified atom stereocenters. The van der Waals surface area contributed by atoms with Gasteiger partial charge in [-0.3, -0.25) is 0 Å². The Morgan fingerprint density at radius 3 is 2.61 bits per heavy atom. The highest BCUT2D eigenvalue weighted by Crippen LogP contribution is 2.27. The van der Waals surface area contributed by atoms with Gasteiger partial charge in [-0.25, -0.2) is 4.98 Å². The van der Waals surface area contributed by atoms with Crippen LogP contribution in [0.2, 0.25) is 5.02 Å². The van der Waals surface area contributed by atoms with Gasteiger partial charge in [0, 0.05) is 10.7 Å². The predicted molar refractivity (Wildman–Crippen MR) is 98.9 cm³/mol. The van der Waals surface area contributed by atoms with Crippen LogP contribution in [0.5, 0.6) is 0 Å². The van der Waals surface area contributed by atoms with Crippen LogP contribution in [-0.4, -0.2) is 9.97 Å². The summed E-state index contributed by atoms with van der Waals surface area (Å²) in [7, 11) is 0. The van der Waals surface area contributed by atoms with E-state index in [0.29, 0.717) is 16.8 Å². The summed E-state index contributed by atoms with van der Waals surface area (Å²) in [5, 5.41) is 7.01. The minimum atomic E-state index is 0.478. The van der Waals surface area contributed by atoms with Crippen molar-refractivity contribution in [1.29, 1.82) is 0 Å². The monoisotopic (exact) mass is 388 g/mol. The van der Waals surface area contributed by atoms with Gasteiger partial charge in [-0.05, 0) is 58.7 Å². The van der Waals surface area contributed by atoms with E-state index in [2.05, 4.69) is 36.5 Å². The highest BCUT2D eigenvalue weighted by molar-refractivity contribution is 9.10. The molecule has 0 fully saturated rings. The molecule has 0 saturated carbocycles. The summed E-state index contributed by atoms with van der Waals surface area (Å²) in [5.41, 5.74) is 2.90. The SMILES string of the molecule is Cc1ccc(Nc2ccnc(Nc3ccccc3Cl)n2)c(Br)c1. The quantitative estimate of drug-likeness (QED) is 0.602. The number of aromatic nitrogens is 2. The van der Waals surface area contributed by atoms with E-state index in [1.807, 2.05) is 55.5 Å². The third-order valence-corrected chi connectivity index (χ3v) is 4.15. The van der Waals surface area contributed by atoms with Crippen molar-refractivity contribution in [2.24, 2.45) is 0 Å². The smallest absolute Gasteiger partial charge is 0.229 e. The number of para-hydroxylation sites is 1. The maximum absolute atomic E-state index is 6.14. The average Bonchev–Trinajstić information content (AvgIpc) is 2.53. The normalized spacial score (nSPS) is 10.4. The third-order valence-electron chi connectivity index (χ3n) is 3.16. The summed E-state index contributed by atoms with van der Waals surface area (Å²) >= 11 is 9.69. The fourth-order valence-electron chi connectivity index (χ4n) is 2.03. The van der Waals surface area contributed by atoms with Crippen LogP contribution in [0.1, 0.15) is 5.56 Å². The lowest BCUT2D eigenvalue weighted by atomic mass is 10.2. The summed E-state index contributed by atoms with van der Waals surface area (Å²) in [6.07, 6.45) is 1.69. The molecule has 3 rings (SSSR count). The van der Waals surface area contributed by atoms with Gasteiger partial charge in [0.2, 0.25) is 5.95 Å². The van der Waals surface area contributed by atoms with Crippen LogP contribution in [-0.2, 0) is 0 Å². The van der Waals surface area contributed by atoms with Gasteiger partial charge in [0.05, 0.1) is 16.4 Å². The molecule has 3 aromatic rings. The molecule has 1 heterocycles. The van der Waals surface area contributed by atoms with Gasteiger partial charge in [0.1, 0.15) is 5.82 Å². The number of aryl methyl sites for hydroxylation is 1. The Bertz CT molecular complexity index is 838. The Hall–Kier alpha value is -2.11. The van der Waals surface area contributed by atoms with Crippen LogP contribution in [0.25, 0.3) is 0 Å². The highest BCUT2D eigenvalue weighted by atomic mass is 79.9. The van der Waals surface area contributed by atoms with Gasteiger partial charge in [-0.2, -0.15) is 4.98 Å². The van der Waals surface area contributed by atoms with Gasteiger partial charge in [-0.15, -0.1) is 0 Å². The molecule has 0 radical (unpaired) electrons. The van der Waals surface area contributed by atoms with Crippen LogP contribution in [0.3, 0.4) is 0 Å². The summed E-state index contributed by atoms with van der Waals surface area (Å²) in [4.78, 5) is 8.68. The molecule has 0 atom stereocenters. The number of halogens is 2. The largest absolute Gasteiger partial charge is 0.339 e. The van der Waals surface area contributed by atoms with E-state index in [1.165, 1.54) is 5.56 Å². The Morgan fingerprint density at radius 2 is 1.83 bits per heavy atom. The number of anilines is 4. The van der Waals surface area contributed by atoms with Crippen molar-refractivity contribution in [2.75, 3.05) is 10.6 Å². The fourth-order valence-corrected chi connectivity index (χ4v) is 2.81. The van der Waals surface area contributed by atoms with Crippen LogP contribution in [0.4, 0.5) is 23.1 Å². The van der Waals surface area contributed by atoms with Crippen LogP contribution in [0.15, 0.2) is 59.2 Å². The summed E-state index contributed by atoms with van der Waals surface area (Å²) in [6.45, 7) is 2.05. The molecule has 1 aromatic heterocycles. The Morgan fingerprint density at radius 1 is 1.00 bits per heavy atom. The maximum atomic E-state index is 6.14. The molecule has 23 heavy (non-hydrogen) atoms. The fraction of sp³-hybridized carbons (Fsp3) is 0.0588. The number of hydrogen-bond donors (Lipinski definition) is 2. The summed E-state index contributed by atoms with van der Waals surface area (Å²) in [6, 6.07) is 15.4. The molecule has 0 amide bonds. The Labute approximate surface area is 148 Å². The zero-order valence-corrected chi connectivity index (χ0v) is 14.7. The molecule has 0 aliphatic heterocycles. The molecule has 6 heteroatoms. The second-order valence-electron chi connectivity index (χ2n) is 4.98. The molecule has 2 aromatic carbocycles. The van der Waals surface area contributed by atoms with Crippen molar-refractivity contribution in [3.8, 4) is 0 Å². The molecule has 0 aliphatic rings. The lowest BCUT2D eigenvalue weighted by molar-refractivity contribution is 1.16. The van der Waals surface area contributed by atoms with Crippen molar-refractivity contribution in [2.45, 2.75) is 6.92 Å². The second kappa shape index (κ2) is 6.98. The first-order valence-electron chi connectivity index (χ1n) is 6.99. The molecule has 0 aliphatic carbocycles. The molecule has 116 valence electrons. The standard InChI is InChI=1S/C17H14BrClN4/c1-11-6-7-14(12(18)10-11)21-16-8-9-20-17(23-16)22-15-5-3-2-4-13(15)19/h2-10H,1H3,(H2,20,21,22,23). The van der Waals surface area contributed by atoms with E-state index in [4.69, 9.17) is 11.6 Å². The van der Waals surface area contributed by atoms with Gasteiger partial charge in [0.25, 0.3) is 0 Å². The van der Waals surface area contributed by atoms with E-state index >= 15 is 0 Å². The Kier molecular flexibility index (Phi) is 4.79. The van der Waals surface area contributed by atoms with Gasteiger partial charge < -0.3 is 10.6 Å². The molecular weight excluding hydrogens is 376 g/mol. The second-order valence-corrected chi connectivity index (χ2v) is 6.24. The van der Waals surface area contributed by atoms with Crippen LogP contribution >= 0.6 is 27.5 Å². The van der Waals surface area contributed by atoms with E-state index in [9.17, 15) is 0 Å². The zero-order chi connectivity index (χ0) is 16.2. The van der Waals surface area contributed by atoms with Gasteiger partial charge in [-0.1, -0.05) is 29.8 Å². The van der Waals surface area contributed by atoms with Gasteiger partial charge >= 0.3 is 0 Å². The molecule has 0 bridgehead atoms. The van der Waals surface area contributed by atoms with Crippen LogP contribution in [0, 0.1) is 6.92 Å². The predicted octanol–water partition coefficient (Wildman–Crippen LogP) is 5.69. The number of nitrogens with one attached hydrogen (secondary N) is 2. The number of nitrogens with zero attached hydrogens (tertiary/aromatic N) is 2. The summed E-state index contributed by atoms with van der Waals surface area (Å²) in [5.74, 6) is 1.17. The first-order valence-corrected chi connectivity index (χ1v) is 8.17. The molecule has 0 saturated heterocycles. The molecular formula is C17H14BrClN4. The van der Waals surface area contributed by atoms with E-state index < -0.39 is 0 Å². The van der Waals surface area contributed by atoms with Gasteiger partial charge in [0.15, 0.2) is 0 Å². The maximum Gasteiger partial charge on any atom is 0.229 e. The van der Waals surface area contributed by atoms with Crippen molar-refractivity contribution in [3.63, 3.8) is 0 Å². The van der Waals surface area contributed by atoms with E-state index in [1.54, 1.807) is 6.20 Å². The summed E-state index contributed by atoms with van der Waals surface area (Å²) < 4.78 is 0.983. The molecule has 2 N–H and O–H groups in total. The number of rotatable bonds is 4. The van der Waals surface area contributed by atoms with Crippen molar-refractivity contribution in [1.82, 2.24) is 9.97 Å². The molecule has 4 nitrogen and oxygen atoms in total. The lowest BCUT2D eigenvalue weighted by Crippen LogP contribution is -2.01. The molecule has 0 spiro atoms. The first kappa shape index (κ1) is 15.8. The van der Waals surface area contributed by atoms with Crippen molar-refractivity contribution >= 4 is 50.7 Å². The number of hydrogen-bond acceptors (Lipinski definition) is 4. The minimum Gasteiger partial charge on any atom is -0.339 e. The van der Waals surface area contributed by atoms with Crippen LogP contribution < -0.4 is 10.6 Å². The third kappa shape index (κ3) is 4.00. The topological polar surface area (TPSA) is 49.8 Å².